The average Bonchev–Trinajstić information content (AvgIpc) is 2.64. The Balaban J connectivity index is 2.07. The van der Waals surface area contributed by atoms with E-state index in [-0.39, 0.29) is 11.6 Å². The van der Waals surface area contributed by atoms with Crippen LogP contribution in [0.15, 0.2) is 60.7 Å². The lowest BCUT2D eigenvalue weighted by Gasteiger charge is -2.23. The van der Waals surface area contributed by atoms with Crippen molar-refractivity contribution in [3.05, 3.63) is 81.9 Å². The third kappa shape index (κ3) is 6.14. The lowest BCUT2D eigenvalue weighted by molar-refractivity contribution is -0.384. The van der Waals surface area contributed by atoms with Crippen LogP contribution in [0.2, 0.25) is 0 Å². The topological polar surface area (TPSA) is 66.7 Å². The first-order valence-electron chi connectivity index (χ1n) is 8.36. The third-order valence-corrected chi connectivity index (χ3v) is 3.87. The van der Waals surface area contributed by atoms with Gasteiger partial charge in [-0.1, -0.05) is 30.3 Å². The Kier molecular flexibility index (Phi) is 7.05. The standard InChI is InChI=1S/C20H23N3O3/c1-21(2)14-15-22(16-18-6-4-3-5-7-18)20(24)13-10-17-8-11-19(12-9-17)23(25)26/h3-13H,14-16H2,1-2H3/b13-10+. The molecule has 0 unspecified atom stereocenters. The van der Waals surface area contributed by atoms with Gasteiger partial charge < -0.3 is 9.80 Å². The number of likely N-dealkylation sites (N-methyl/N-ethyl adjacent to an activating group) is 1. The van der Waals surface area contributed by atoms with Crippen LogP contribution in [-0.4, -0.2) is 47.8 Å². The fraction of sp³-hybridized carbons (Fsp3) is 0.250. The number of benzene rings is 2. The summed E-state index contributed by atoms with van der Waals surface area (Å²) in [6, 6.07) is 16.0. The van der Waals surface area contributed by atoms with Crippen LogP contribution in [0.3, 0.4) is 0 Å². The Labute approximate surface area is 153 Å². The largest absolute Gasteiger partial charge is 0.334 e. The zero-order valence-corrected chi connectivity index (χ0v) is 15.0. The second-order valence-corrected chi connectivity index (χ2v) is 6.23. The minimum absolute atomic E-state index is 0.0326. The Morgan fingerprint density at radius 2 is 1.69 bits per heavy atom. The first-order valence-corrected chi connectivity index (χ1v) is 8.36. The predicted octanol–water partition coefficient (Wildman–Crippen LogP) is 3.20. The highest BCUT2D eigenvalue weighted by Gasteiger charge is 2.12. The highest BCUT2D eigenvalue weighted by molar-refractivity contribution is 5.91. The van der Waals surface area contributed by atoms with Gasteiger partial charge in [-0.25, -0.2) is 0 Å². The molecular formula is C20H23N3O3. The van der Waals surface area contributed by atoms with Crippen molar-refractivity contribution in [2.75, 3.05) is 27.2 Å². The molecule has 0 bridgehead atoms. The number of hydrogen-bond donors (Lipinski definition) is 0. The molecule has 6 nitrogen and oxygen atoms in total. The molecule has 0 saturated carbocycles. The molecule has 0 spiro atoms. The van der Waals surface area contributed by atoms with Crippen LogP contribution in [0.1, 0.15) is 11.1 Å². The molecule has 0 aromatic heterocycles. The zero-order valence-electron chi connectivity index (χ0n) is 15.0. The number of carbonyl (C=O) groups is 1. The quantitative estimate of drug-likeness (QED) is 0.415. The van der Waals surface area contributed by atoms with Crippen LogP contribution in [-0.2, 0) is 11.3 Å². The van der Waals surface area contributed by atoms with Crippen molar-refractivity contribution in [2.24, 2.45) is 0 Å². The monoisotopic (exact) mass is 353 g/mol. The highest BCUT2D eigenvalue weighted by atomic mass is 16.6. The van der Waals surface area contributed by atoms with Crippen LogP contribution in [0.5, 0.6) is 0 Å². The molecule has 2 rings (SSSR count). The summed E-state index contributed by atoms with van der Waals surface area (Å²) in [5.74, 6) is -0.0888. The summed E-state index contributed by atoms with van der Waals surface area (Å²) >= 11 is 0. The summed E-state index contributed by atoms with van der Waals surface area (Å²) in [6.45, 7) is 1.92. The van der Waals surface area contributed by atoms with Crippen molar-refractivity contribution < 1.29 is 9.72 Å². The maximum Gasteiger partial charge on any atom is 0.269 e. The van der Waals surface area contributed by atoms with Crippen LogP contribution in [0.25, 0.3) is 6.08 Å². The molecule has 1 amide bonds. The van der Waals surface area contributed by atoms with E-state index in [4.69, 9.17) is 0 Å². The van der Waals surface area contributed by atoms with E-state index in [9.17, 15) is 14.9 Å². The van der Waals surface area contributed by atoms with Gasteiger partial charge in [0.1, 0.15) is 0 Å². The third-order valence-electron chi connectivity index (χ3n) is 3.87. The van der Waals surface area contributed by atoms with E-state index in [0.717, 1.165) is 17.7 Å². The molecule has 6 heteroatoms. The van der Waals surface area contributed by atoms with Crippen molar-refractivity contribution >= 4 is 17.7 Å². The smallest absolute Gasteiger partial charge is 0.269 e. The molecule has 0 aliphatic heterocycles. The number of nitro groups is 1. The molecule has 0 aliphatic carbocycles. The van der Waals surface area contributed by atoms with Gasteiger partial charge in [-0.2, -0.15) is 0 Å². The molecule has 0 fully saturated rings. The Hall–Kier alpha value is -2.99. The number of amides is 1. The Morgan fingerprint density at radius 1 is 1.04 bits per heavy atom. The molecule has 2 aromatic rings. The second-order valence-electron chi connectivity index (χ2n) is 6.23. The van der Waals surface area contributed by atoms with E-state index < -0.39 is 4.92 Å². The minimum Gasteiger partial charge on any atom is -0.334 e. The van der Waals surface area contributed by atoms with Gasteiger partial charge in [0.15, 0.2) is 0 Å². The summed E-state index contributed by atoms with van der Waals surface area (Å²) in [5, 5.41) is 10.7. The van der Waals surface area contributed by atoms with Gasteiger partial charge in [-0.3, -0.25) is 14.9 Å². The number of nitrogens with zero attached hydrogens (tertiary/aromatic N) is 3. The molecular weight excluding hydrogens is 330 g/mol. The van der Waals surface area contributed by atoms with Crippen molar-refractivity contribution in [1.82, 2.24) is 9.80 Å². The molecule has 0 heterocycles. The number of hydrogen-bond acceptors (Lipinski definition) is 4. The van der Waals surface area contributed by atoms with E-state index in [1.165, 1.54) is 18.2 Å². The van der Waals surface area contributed by atoms with Crippen molar-refractivity contribution in [2.45, 2.75) is 6.54 Å². The molecule has 0 saturated heterocycles. The van der Waals surface area contributed by atoms with Crippen LogP contribution in [0.4, 0.5) is 5.69 Å². The summed E-state index contributed by atoms with van der Waals surface area (Å²) in [7, 11) is 3.94. The number of non-ortho nitro benzene ring substituents is 1. The predicted molar refractivity (Wildman–Crippen MR) is 103 cm³/mol. The normalized spacial score (nSPS) is 11.0. The van der Waals surface area contributed by atoms with E-state index in [0.29, 0.717) is 13.1 Å². The van der Waals surface area contributed by atoms with E-state index >= 15 is 0 Å². The summed E-state index contributed by atoms with van der Waals surface area (Å²) in [4.78, 5) is 26.7. The maximum atomic E-state index is 12.6. The lowest BCUT2D eigenvalue weighted by atomic mass is 10.2. The first kappa shape index (κ1) is 19.3. The molecule has 2 aromatic carbocycles. The van der Waals surface area contributed by atoms with Gasteiger partial charge in [0, 0.05) is 37.8 Å². The highest BCUT2D eigenvalue weighted by Crippen LogP contribution is 2.13. The van der Waals surface area contributed by atoms with Crippen LogP contribution < -0.4 is 0 Å². The summed E-state index contributed by atoms with van der Waals surface area (Å²) in [6.07, 6.45) is 3.19. The van der Waals surface area contributed by atoms with Crippen molar-refractivity contribution in [3.8, 4) is 0 Å². The minimum atomic E-state index is -0.443. The van der Waals surface area contributed by atoms with Gasteiger partial charge in [0.25, 0.3) is 5.69 Å². The van der Waals surface area contributed by atoms with Gasteiger partial charge in [0.05, 0.1) is 4.92 Å². The zero-order chi connectivity index (χ0) is 18.9. The summed E-state index contributed by atoms with van der Waals surface area (Å²) in [5.41, 5.74) is 1.85. The molecule has 0 radical (unpaired) electrons. The average molecular weight is 353 g/mol. The lowest BCUT2D eigenvalue weighted by Crippen LogP contribution is -2.35. The van der Waals surface area contributed by atoms with Gasteiger partial charge in [0.2, 0.25) is 5.91 Å². The SMILES string of the molecule is CN(C)CCN(Cc1ccccc1)C(=O)/C=C/c1ccc([N+](=O)[O-])cc1. The van der Waals surface area contributed by atoms with Crippen molar-refractivity contribution in [3.63, 3.8) is 0 Å². The fourth-order valence-electron chi connectivity index (χ4n) is 2.37. The van der Waals surface area contributed by atoms with E-state index in [1.54, 1.807) is 23.1 Å². The first-order chi connectivity index (χ1) is 12.5. The van der Waals surface area contributed by atoms with E-state index in [1.807, 2.05) is 49.3 Å². The van der Waals surface area contributed by atoms with Crippen LogP contribution >= 0.6 is 0 Å². The van der Waals surface area contributed by atoms with Gasteiger partial charge in [-0.15, -0.1) is 0 Å². The maximum absolute atomic E-state index is 12.6. The van der Waals surface area contributed by atoms with Gasteiger partial charge in [-0.05, 0) is 43.4 Å². The molecule has 0 atom stereocenters. The number of carbonyl (C=O) groups excluding carboxylic acids is 1. The van der Waals surface area contributed by atoms with Crippen molar-refractivity contribution in [1.29, 1.82) is 0 Å². The number of nitro benzene ring substituents is 1. The van der Waals surface area contributed by atoms with Gasteiger partial charge >= 0.3 is 0 Å². The second kappa shape index (κ2) is 9.48. The Morgan fingerprint density at radius 3 is 2.27 bits per heavy atom. The fourth-order valence-corrected chi connectivity index (χ4v) is 2.37. The Bertz CT molecular complexity index is 756. The molecule has 136 valence electrons. The van der Waals surface area contributed by atoms with Crippen LogP contribution in [0, 0.1) is 10.1 Å². The number of rotatable bonds is 8. The molecule has 26 heavy (non-hydrogen) atoms. The van der Waals surface area contributed by atoms with E-state index in [2.05, 4.69) is 0 Å². The summed E-state index contributed by atoms with van der Waals surface area (Å²) < 4.78 is 0. The molecule has 0 N–H and O–H groups in total. The molecule has 0 aliphatic rings.